The Morgan fingerprint density at radius 2 is 2.21 bits per heavy atom. The summed E-state index contributed by atoms with van der Waals surface area (Å²) >= 11 is 5.27. The van der Waals surface area contributed by atoms with Gasteiger partial charge in [-0.25, -0.2) is 5.43 Å². The Hall–Kier alpha value is -1.13. The molecule has 1 aromatic carbocycles. The van der Waals surface area contributed by atoms with Crippen molar-refractivity contribution in [2.24, 2.45) is 0 Å². The summed E-state index contributed by atoms with van der Waals surface area (Å²) in [4.78, 5) is 0. The second-order valence-corrected chi connectivity index (χ2v) is 3.99. The number of hydrogen-bond acceptors (Lipinski definition) is 2. The maximum Gasteiger partial charge on any atom is 0.188 e. The standard InChI is InChI=1S/C10H11N3S/c14-10-12-8-4-2-1-3-7(8)9-5-6-11-13(9)10/h1-4,9,11H,5-6H2,(H,12,14). The zero-order chi connectivity index (χ0) is 9.54. The van der Waals surface area contributed by atoms with Crippen LogP contribution in [-0.2, 0) is 0 Å². The lowest BCUT2D eigenvalue weighted by Crippen LogP contribution is -2.44. The van der Waals surface area contributed by atoms with Crippen LogP contribution in [0.15, 0.2) is 24.3 Å². The van der Waals surface area contributed by atoms with E-state index in [1.165, 1.54) is 5.56 Å². The predicted molar refractivity (Wildman–Crippen MR) is 59.9 cm³/mol. The Balaban J connectivity index is 2.11. The Labute approximate surface area is 88.1 Å². The largest absolute Gasteiger partial charge is 0.331 e. The number of nitrogens with one attached hydrogen (secondary N) is 2. The van der Waals surface area contributed by atoms with Crippen LogP contribution in [0.2, 0.25) is 0 Å². The molecule has 0 bridgehead atoms. The van der Waals surface area contributed by atoms with E-state index in [4.69, 9.17) is 12.2 Å². The summed E-state index contributed by atoms with van der Waals surface area (Å²) in [6.07, 6.45) is 1.12. The molecule has 2 heterocycles. The molecule has 1 unspecified atom stereocenters. The predicted octanol–water partition coefficient (Wildman–Crippen LogP) is 1.65. The van der Waals surface area contributed by atoms with E-state index >= 15 is 0 Å². The molecule has 14 heavy (non-hydrogen) atoms. The molecule has 0 saturated carbocycles. The van der Waals surface area contributed by atoms with Gasteiger partial charge in [0.2, 0.25) is 0 Å². The molecule has 0 radical (unpaired) electrons. The number of hydrogen-bond donors (Lipinski definition) is 2. The highest BCUT2D eigenvalue weighted by Gasteiger charge is 2.33. The third kappa shape index (κ3) is 1.04. The van der Waals surface area contributed by atoms with Crippen molar-refractivity contribution in [1.82, 2.24) is 10.4 Å². The van der Waals surface area contributed by atoms with E-state index in [1.54, 1.807) is 0 Å². The van der Waals surface area contributed by atoms with Gasteiger partial charge in [-0.15, -0.1) is 0 Å². The van der Waals surface area contributed by atoms with Gasteiger partial charge in [-0.2, -0.15) is 0 Å². The van der Waals surface area contributed by atoms with Crippen LogP contribution in [0.4, 0.5) is 5.69 Å². The van der Waals surface area contributed by atoms with E-state index in [0.29, 0.717) is 6.04 Å². The molecular weight excluding hydrogens is 194 g/mol. The van der Waals surface area contributed by atoms with Crippen LogP contribution in [0.1, 0.15) is 18.0 Å². The first-order valence-electron chi connectivity index (χ1n) is 4.79. The van der Waals surface area contributed by atoms with E-state index in [1.807, 2.05) is 6.07 Å². The minimum Gasteiger partial charge on any atom is -0.331 e. The maximum atomic E-state index is 5.27. The van der Waals surface area contributed by atoms with Crippen LogP contribution in [0.25, 0.3) is 0 Å². The summed E-state index contributed by atoms with van der Waals surface area (Å²) in [6.45, 7) is 1.00. The van der Waals surface area contributed by atoms with Gasteiger partial charge < -0.3 is 5.32 Å². The summed E-state index contributed by atoms with van der Waals surface area (Å²) in [6, 6.07) is 8.77. The summed E-state index contributed by atoms with van der Waals surface area (Å²) in [5.74, 6) is 0. The third-order valence-electron chi connectivity index (χ3n) is 2.79. The Morgan fingerprint density at radius 3 is 3.14 bits per heavy atom. The second kappa shape index (κ2) is 2.93. The number of para-hydroxylation sites is 1. The number of rotatable bonds is 0. The quantitative estimate of drug-likeness (QED) is 0.630. The van der Waals surface area contributed by atoms with E-state index < -0.39 is 0 Å². The van der Waals surface area contributed by atoms with E-state index in [9.17, 15) is 0 Å². The van der Waals surface area contributed by atoms with Gasteiger partial charge in [0, 0.05) is 12.2 Å². The number of thiocarbonyl (C=S) groups is 1. The Morgan fingerprint density at radius 1 is 1.36 bits per heavy atom. The lowest BCUT2D eigenvalue weighted by molar-refractivity contribution is 0.319. The molecule has 1 aromatic rings. The van der Waals surface area contributed by atoms with Crippen LogP contribution < -0.4 is 10.7 Å². The lowest BCUT2D eigenvalue weighted by Gasteiger charge is -2.33. The topological polar surface area (TPSA) is 27.3 Å². The van der Waals surface area contributed by atoms with Crippen molar-refractivity contribution in [3.63, 3.8) is 0 Å². The average molecular weight is 205 g/mol. The van der Waals surface area contributed by atoms with Gasteiger partial charge >= 0.3 is 0 Å². The first-order chi connectivity index (χ1) is 6.86. The van der Waals surface area contributed by atoms with Gasteiger partial charge in [0.1, 0.15) is 0 Å². The molecule has 1 saturated heterocycles. The third-order valence-corrected chi connectivity index (χ3v) is 3.09. The number of nitrogens with zero attached hydrogens (tertiary/aromatic N) is 1. The molecule has 3 nitrogen and oxygen atoms in total. The van der Waals surface area contributed by atoms with Gasteiger partial charge in [0.05, 0.1) is 6.04 Å². The minimum absolute atomic E-state index is 0.417. The molecule has 0 spiro atoms. The van der Waals surface area contributed by atoms with E-state index in [2.05, 4.69) is 34.0 Å². The zero-order valence-corrected chi connectivity index (χ0v) is 8.47. The Bertz CT molecular complexity index is 391. The molecule has 0 aliphatic carbocycles. The smallest absolute Gasteiger partial charge is 0.188 e. The van der Waals surface area contributed by atoms with Crippen molar-refractivity contribution in [2.75, 3.05) is 11.9 Å². The van der Waals surface area contributed by atoms with Gasteiger partial charge in [-0.3, -0.25) is 5.01 Å². The van der Waals surface area contributed by atoms with Gasteiger partial charge in [-0.05, 0) is 30.3 Å². The molecule has 0 aromatic heterocycles. The normalized spacial score (nSPS) is 24.1. The maximum absolute atomic E-state index is 5.27. The summed E-state index contributed by atoms with van der Waals surface area (Å²) < 4.78 is 0. The van der Waals surface area contributed by atoms with Crippen LogP contribution in [-0.4, -0.2) is 16.7 Å². The fourth-order valence-electron chi connectivity index (χ4n) is 2.15. The fourth-order valence-corrected chi connectivity index (χ4v) is 2.45. The molecule has 2 N–H and O–H groups in total. The molecule has 0 amide bonds. The van der Waals surface area contributed by atoms with Crippen molar-refractivity contribution in [2.45, 2.75) is 12.5 Å². The number of hydrazine groups is 1. The van der Waals surface area contributed by atoms with E-state index in [0.717, 1.165) is 23.8 Å². The van der Waals surface area contributed by atoms with Gasteiger partial charge in [-0.1, -0.05) is 18.2 Å². The van der Waals surface area contributed by atoms with E-state index in [-0.39, 0.29) is 0 Å². The Kier molecular flexibility index (Phi) is 1.72. The number of benzene rings is 1. The van der Waals surface area contributed by atoms with Crippen molar-refractivity contribution < 1.29 is 0 Å². The van der Waals surface area contributed by atoms with Crippen molar-refractivity contribution in [3.05, 3.63) is 29.8 Å². The summed E-state index contributed by atoms with van der Waals surface area (Å²) in [5, 5.41) is 6.06. The van der Waals surface area contributed by atoms with Crippen LogP contribution in [0.5, 0.6) is 0 Å². The number of fused-ring (bicyclic) bond motifs is 3. The first-order valence-corrected chi connectivity index (χ1v) is 5.20. The first kappa shape index (κ1) is 8.20. The van der Waals surface area contributed by atoms with Crippen LogP contribution in [0, 0.1) is 0 Å². The molecule has 72 valence electrons. The minimum atomic E-state index is 0.417. The molecule has 2 aliphatic heterocycles. The molecule has 1 fully saturated rings. The summed E-state index contributed by atoms with van der Waals surface area (Å²) in [5.41, 5.74) is 5.77. The second-order valence-electron chi connectivity index (χ2n) is 3.60. The SMILES string of the molecule is S=C1Nc2ccccc2C2CCNN12. The molecular formula is C10H11N3S. The zero-order valence-electron chi connectivity index (χ0n) is 7.66. The van der Waals surface area contributed by atoms with Gasteiger partial charge in [0.15, 0.2) is 5.11 Å². The highest BCUT2D eigenvalue weighted by atomic mass is 32.1. The molecule has 1 atom stereocenters. The monoisotopic (exact) mass is 205 g/mol. The highest BCUT2D eigenvalue weighted by molar-refractivity contribution is 7.80. The van der Waals surface area contributed by atoms with Crippen molar-refractivity contribution in [1.29, 1.82) is 0 Å². The average Bonchev–Trinajstić information content (AvgIpc) is 2.67. The van der Waals surface area contributed by atoms with Gasteiger partial charge in [0.25, 0.3) is 0 Å². The highest BCUT2D eigenvalue weighted by Crippen LogP contribution is 2.35. The van der Waals surface area contributed by atoms with Crippen molar-refractivity contribution >= 4 is 23.0 Å². The van der Waals surface area contributed by atoms with Crippen molar-refractivity contribution in [3.8, 4) is 0 Å². The fraction of sp³-hybridized carbons (Fsp3) is 0.300. The van der Waals surface area contributed by atoms with Crippen LogP contribution >= 0.6 is 12.2 Å². The molecule has 2 aliphatic rings. The lowest BCUT2D eigenvalue weighted by atomic mass is 10.0. The summed E-state index contributed by atoms with van der Waals surface area (Å²) in [7, 11) is 0. The molecule has 4 heteroatoms. The van der Waals surface area contributed by atoms with Crippen LogP contribution in [0.3, 0.4) is 0 Å². The number of anilines is 1. The molecule has 3 rings (SSSR count).